The van der Waals surface area contributed by atoms with Gasteiger partial charge in [0.05, 0.1) is 6.42 Å². The van der Waals surface area contributed by atoms with Gasteiger partial charge >= 0.3 is 0 Å². The van der Waals surface area contributed by atoms with Gasteiger partial charge in [0.2, 0.25) is 11.9 Å². The Morgan fingerprint density at radius 3 is 2.52 bits per heavy atom. The van der Waals surface area contributed by atoms with E-state index in [1.807, 2.05) is 48.5 Å². The van der Waals surface area contributed by atoms with Crippen LogP contribution in [0.5, 0.6) is 5.75 Å². The lowest BCUT2D eigenvalue weighted by Crippen LogP contribution is -2.39. The summed E-state index contributed by atoms with van der Waals surface area (Å²) < 4.78 is 6.05. The summed E-state index contributed by atoms with van der Waals surface area (Å²) in [6.45, 7) is 8.48. The summed E-state index contributed by atoms with van der Waals surface area (Å²) in [5, 5.41) is 0. The number of hydrogen-bond acceptors (Lipinski definition) is 6. The summed E-state index contributed by atoms with van der Waals surface area (Å²) in [6, 6.07) is 7.86. The molecular formula is C24H33N5O2. The van der Waals surface area contributed by atoms with E-state index in [9.17, 15) is 4.79 Å². The highest BCUT2D eigenvalue weighted by Gasteiger charge is 2.19. The quantitative estimate of drug-likeness (QED) is 0.754. The molecule has 2 aliphatic heterocycles. The third kappa shape index (κ3) is 5.73. The van der Waals surface area contributed by atoms with Crippen molar-refractivity contribution in [2.24, 2.45) is 0 Å². The molecule has 2 aliphatic rings. The summed E-state index contributed by atoms with van der Waals surface area (Å²) in [7, 11) is 0. The Hall–Kier alpha value is -2.67. The lowest BCUT2D eigenvalue weighted by atomic mass is 10.1. The fourth-order valence-corrected chi connectivity index (χ4v) is 4.29. The van der Waals surface area contributed by atoms with E-state index in [-0.39, 0.29) is 5.91 Å². The van der Waals surface area contributed by atoms with Crippen LogP contribution in [0, 0.1) is 0 Å². The maximum atomic E-state index is 12.8. The molecule has 0 unspecified atom stereocenters. The number of carbonyl (C=O) groups is 1. The minimum absolute atomic E-state index is 0.148. The highest BCUT2D eigenvalue weighted by Crippen LogP contribution is 2.20. The zero-order chi connectivity index (χ0) is 21.5. The van der Waals surface area contributed by atoms with Gasteiger partial charge < -0.3 is 14.5 Å². The van der Waals surface area contributed by atoms with Crippen molar-refractivity contribution in [3.05, 3.63) is 47.8 Å². The molecule has 31 heavy (non-hydrogen) atoms. The van der Waals surface area contributed by atoms with Gasteiger partial charge in [-0.05, 0) is 32.3 Å². The number of rotatable bonds is 4. The fraction of sp³-hybridized carbons (Fsp3) is 0.542. The van der Waals surface area contributed by atoms with Crippen LogP contribution >= 0.6 is 0 Å². The molecule has 166 valence electrons. The zero-order valence-electron chi connectivity index (χ0n) is 18.5. The predicted molar refractivity (Wildman–Crippen MR) is 121 cm³/mol. The number of para-hydroxylation sites is 1. The van der Waals surface area contributed by atoms with Crippen LogP contribution in [-0.4, -0.2) is 71.6 Å². The lowest BCUT2D eigenvalue weighted by molar-refractivity contribution is -0.130. The number of hydrogen-bond donors (Lipinski definition) is 0. The minimum atomic E-state index is 0.148. The predicted octanol–water partition coefficient (Wildman–Crippen LogP) is 2.75. The molecule has 0 atom stereocenters. The minimum Gasteiger partial charge on any atom is -0.492 e. The molecule has 7 nitrogen and oxygen atoms in total. The van der Waals surface area contributed by atoms with Crippen LogP contribution in [0.2, 0.25) is 0 Å². The van der Waals surface area contributed by atoms with Crippen molar-refractivity contribution in [1.82, 2.24) is 19.8 Å². The standard InChI is InChI=1S/C24H33N5O2/c1-2-28-13-12-27(14-15-31-22-9-5-4-8-21(22)16-23(28)30)19-20-17-25-24(26-18-20)29-10-6-3-7-11-29/h4-5,8-9,17-18H,2-3,6-7,10-16,19H2,1H3. The van der Waals surface area contributed by atoms with E-state index in [1.165, 1.54) is 19.3 Å². The summed E-state index contributed by atoms with van der Waals surface area (Å²) >= 11 is 0. The van der Waals surface area contributed by atoms with Gasteiger partial charge in [0, 0.05) is 69.3 Å². The van der Waals surface area contributed by atoms with E-state index in [0.717, 1.165) is 55.5 Å². The Morgan fingerprint density at radius 1 is 0.968 bits per heavy atom. The first kappa shape index (κ1) is 21.6. The number of benzene rings is 1. The molecule has 7 heteroatoms. The highest BCUT2D eigenvalue weighted by atomic mass is 16.5. The Morgan fingerprint density at radius 2 is 1.74 bits per heavy atom. The number of carbonyl (C=O) groups excluding carboxylic acids is 1. The summed E-state index contributed by atoms with van der Waals surface area (Å²) in [6.07, 6.45) is 8.01. The van der Waals surface area contributed by atoms with Crippen molar-refractivity contribution in [2.45, 2.75) is 39.2 Å². The number of anilines is 1. The fourth-order valence-electron chi connectivity index (χ4n) is 4.29. The van der Waals surface area contributed by atoms with Crippen LogP contribution in [0.15, 0.2) is 36.7 Å². The van der Waals surface area contributed by atoms with Gasteiger partial charge in [-0.2, -0.15) is 0 Å². The molecule has 0 bridgehead atoms. The largest absolute Gasteiger partial charge is 0.492 e. The third-order valence-electron chi connectivity index (χ3n) is 6.14. The van der Waals surface area contributed by atoms with Gasteiger partial charge in [-0.1, -0.05) is 18.2 Å². The van der Waals surface area contributed by atoms with Crippen molar-refractivity contribution < 1.29 is 9.53 Å². The van der Waals surface area contributed by atoms with E-state index < -0.39 is 0 Å². The van der Waals surface area contributed by atoms with E-state index in [4.69, 9.17) is 4.74 Å². The number of aromatic nitrogens is 2. The van der Waals surface area contributed by atoms with Crippen LogP contribution in [-0.2, 0) is 17.8 Å². The number of nitrogens with zero attached hydrogens (tertiary/aromatic N) is 5. The smallest absolute Gasteiger partial charge is 0.227 e. The van der Waals surface area contributed by atoms with Gasteiger partial charge in [-0.3, -0.25) is 9.69 Å². The summed E-state index contributed by atoms with van der Waals surface area (Å²) in [5.41, 5.74) is 2.05. The monoisotopic (exact) mass is 423 g/mol. The van der Waals surface area contributed by atoms with Gasteiger partial charge in [0.15, 0.2) is 0 Å². The molecule has 1 fully saturated rings. The molecule has 0 aliphatic carbocycles. The molecule has 3 heterocycles. The number of likely N-dealkylation sites (N-methyl/N-ethyl adjacent to an activating group) is 1. The summed E-state index contributed by atoms with van der Waals surface area (Å²) in [5.74, 6) is 1.79. The first-order valence-corrected chi connectivity index (χ1v) is 11.5. The second-order valence-electron chi connectivity index (χ2n) is 8.32. The first-order valence-electron chi connectivity index (χ1n) is 11.5. The number of ether oxygens (including phenoxy) is 1. The van der Waals surface area contributed by atoms with Crippen LogP contribution in [0.1, 0.15) is 37.3 Å². The van der Waals surface area contributed by atoms with Crippen LogP contribution in [0.4, 0.5) is 5.95 Å². The number of fused-ring (bicyclic) bond motifs is 1. The van der Waals surface area contributed by atoms with Crippen LogP contribution in [0.3, 0.4) is 0 Å². The Balaban J connectivity index is 1.43. The molecule has 1 aromatic heterocycles. The van der Waals surface area contributed by atoms with E-state index in [2.05, 4.69) is 19.8 Å². The molecule has 0 radical (unpaired) electrons. The second-order valence-corrected chi connectivity index (χ2v) is 8.32. The molecule has 4 rings (SSSR count). The maximum absolute atomic E-state index is 12.8. The topological polar surface area (TPSA) is 61.8 Å². The van der Waals surface area contributed by atoms with Crippen molar-refractivity contribution >= 4 is 11.9 Å². The number of amides is 1. The van der Waals surface area contributed by atoms with Gasteiger partial charge in [-0.15, -0.1) is 0 Å². The molecule has 1 saturated heterocycles. The van der Waals surface area contributed by atoms with E-state index in [0.29, 0.717) is 26.1 Å². The molecule has 0 N–H and O–H groups in total. The van der Waals surface area contributed by atoms with Crippen molar-refractivity contribution in [3.63, 3.8) is 0 Å². The normalized spacial score (nSPS) is 18.8. The molecular weight excluding hydrogens is 390 g/mol. The highest BCUT2D eigenvalue weighted by molar-refractivity contribution is 5.79. The molecule has 2 aromatic rings. The molecule has 1 aromatic carbocycles. The van der Waals surface area contributed by atoms with Crippen molar-refractivity contribution in [1.29, 1.82) is 0 Å². The number of piperidine rings is 1. The average Bonchev–Trinajstić information content (AvgIpc) is 2.83. The third-order valence-corrected chi connectivity index (χ3v) is 6.14. The zero-order valence-corrected chi connectivity index (χ0v) is 18.5. The van der Waals surface area contributed by atoms with E-state index >= 15 is 0 Å². The van der Waals surface area contributed by atoms with Gasteiger partial charge in [-0.25, -0.2) is 9.97 Å². The average molecular weight is 424 g/mol. The van der Waals surface area contributed by atoms with Crippen LogP contribution < -0.4 is 9.64 Å². The second kappa shape index (κ2) is 10.6. The Bertz CT molecular complexity index is 851. The summed E-state index contributed by atoms with van der Waals surface area (Å²) in [4.78, 5) is 28.6. The first-order chi connectivity index (χ1) is 15.2. The van der Waals surface area contributed by atoms with Crippen molar-refractivity contribution in [2.75, 3.05) is 50.8 Å². The van der Waals surface area contributed by atoms with Gasteiger partial charge in [0.1, 0.15) is 12.4 Å². The Kier molecular flexibility index (Phi) is 7.35. The Labute approximate surface area is 185 Å². The van der Waals surface area contributed by atoms with Crippen LogP contribution in [0.25, 0.3) is 0 Å². The SMILES string of the molecule is CCN1CCN(Cc2cnc(N3CCCCC3)nc2)CCOc2ccccc2CC1=O. The molecule has 0 saturated carbocycles. The molecule has 1 amide bonds. The van der Waals surface area contributed by atoms with Crippen molar-refractivity contribution in [3.8, 4) is 5.75 Å². The van der Waals surface area contributed by atoms with E-state index in [1.54, 1.807) is 0 Å². The maximum Gasteiger partial charge on any atom is 0.227 e. The molecule has 0 spiro atoms. The lowest BCUT2D eigenvalue weighted by Gasteiger charge is -2.27. The van der Waals surface area contributed by atoms with Gasteiger partial charge in [0.25, 0.3) is 0 Å².